The van der Waals surface area contributed by atoms with E-state index in [1.165, 1.54) is 22.8 Å². The molecule has 6 heteroatoms. The van der Waals surface area contributed by atoms with Gasteiger partial charge in [-0.15, -0.1) is 0 Å². The third-order valence-electron chi connectivity index (χ3n) is 3.85. The summed E-state index contributed by atoms with van der Waals surface area (Å²) in [6.07, 6.45) is 1.40. The van der Waals surface area contributed by atoms with Crippen LogP contribution in [0.1, 0.15) is 32.9 Å². The highest BCUT2D eigenvalue weighted by atomic mass is 19.1. The Bertz CT molecular complexity index is 769. The van der Waals surface area contributed by atoms with Crippen molar-refractivity contribution in [2.75, 3.05) is 0 Å². The van der Waals surface area contributed by atoms with E-state index in [2.05, 4.69) is 10.3 Å². The molecule has 2 rings (SSSR count). The predicted octanol–water partition coefficient (Wildman–Crippen LogP) is 2.53. The number of carbonyl (C=O) groups excluding carboxylic acids is 1. The number of nitrogens with one attached hydrogen (secondary N) is 1. The van der Waals surface area contributed by atoms with E-state index in [4.69, 9.17) is 0 Å². The molecule has 1 heterocycles. The number of nitrogens with zero attached hydrogens (tertiary/aromatic N) is 2. The van der Waals surface area contributed by atoms with Crippen LogP contribution in [-0.2, 0) is 17.8 Å². The Morgan fingerprint density at radius 2 is 1.96 bits per heavy atom. The standard InChI is InChI=1S/C18H22FN3O2/c1-4-12(3)20-16(23)11-22-17(24)10-15(5-2)21-18(22)13-6-8-14(19)9-7-13/h6-10,12H,4-5,11H2,1-3H3,(H,20,23)/t12-/m0/s1. The summed E-state index contributed by atoms with van der Waals surface area (Å²) in [5, 5.41) is 2.84. The van der Waals surface area contributed by atoms with Gasteiger partial charge in [-0.05, 0) is 44.0 Å². The minimum absolute atomic E-state index is 0.0327. The van der Waals surface area contributed by atoms with Crippen LogP contribution in [0.5, 0.6) is 0 Å². The van der Waals surface area contributed by atoms with Crippen molar-refractivity contribution in [3.63, 3.8) is 0 Å². The molecule has 0 aliphatic heterocycles. The number of hydrogen-bond donors (Lipinski definition) is 1. The van der Waals surface area contributed by atoms with Gasteiger partial charge in [0.25, 0.3) is 5.56 Å². The Morgan fingerprint density at radius 1 is 1.29 bits per heavy atom. The molecular formula is C18H22FN3O2. The molecule has 1 aromatic heterocycles. The van der Waals surface area contributed by atoms with E-state index in [9.17, 15) is 14.0 Å². The first-order chi connectivity index (χ1) is 11.4. The summed E-state index contributed by atoms with van der Waals surface area (Å²) < 4.78 is 14.5. The first-order valence-corrected chi connectivity index (χ1v) is 8.10. The molecule has 5 nitrogen and oxygen atoms in total. The molecule has 0 radical (unpaired) electrons. The lowest BCUT2D eigenvalue weighted by atomic mass is 10.2. The fourth-order valence-electron chi connectivity index (χ4n) is 2.27. The minimum atomic E-state index is -0.367. The number of halogens is 1. The van der Waals surface area contributed by atoms with E-state index in [-0.39, 0.29) is 29.9 Å². The van der Waals surface area contributed by atoms with Gasteiger partial charge in [0.1, 0.15) is 18.2 Å². The van der Waals surface area contributed by atoms with Crippen molar-refractivity contribution in [3.05, 3.63) is 52.2 Å². The molecule has 0 saturated heterocycles. The average Bonchev–Trinajstić information content (AvgIpc) is 2.57. The Labute approximate surface area is 140 Å². The largest absolute Gasteiger partial charge is 0.352 e. The molecule has 0 spiro atoms. The van der Waals surface area contributed by atoms with Gasteiger partial charge < -0.3 is 5.32 Å². The van der Waals surface area contributed by atoms with Gasteiger partial charge >= 0.3 is 0 Å². The van der Waals surface area contributed by atoms with Crippen LogP contribution in [0.3, 0.4) is 0 Å². The summed E-state index contributed by atoms with van der Waals surface area (Å²) in [5.41, 5.74) is 0.943. The van der Waals surface area contributed by atoms with Crippen molar-refractivity contribution in [1.29, 1.82) is 0 Å². The number of carbonyl (C=O) groups is 1. The van der Waals surface area contributed by atoms with Gasteiger partial charge in [-0.3, -0.25) is 14.2 Å². The van der Waals surface area contributed by atoms with Gasteiger partial charge in [0.2, 0.25) is 5.91 Å². The molecule has 128 valence electrons. The zero-order chi connectivity index (χ0) is 17.7. The highest BCUT2D eigenvalue weighted by molar-refractivity contribution is 5.76. The lowest BCUT2D eigenvalue weighted by molar-refractivity contribution is -0.122. The second-order valence-electron chi connectivity index (χ2n) is 5.73. The van der Waals surface area contributed by atoms with Gasteiger partial charge in [0, 0.05) is 23.4 Å². The SMILES string of the molecule is CCc1cc(=O)n(CC(=O)N[C@@H](C)CC)c(-c2ccc(F)cc2)n1. The second-order valence-corrected chi connectivity index (χ2v) is 5.73. The summed E-state index contributed by atoms with van der Waals surface area (Å²) >= 11 is 0. The maximum absolute atomic E-state index is 13.2. The third-order valence-corrected chi connectivity index (χ3v) is 3.85. The highest BCUT2D eigenvalue weighted by Crippen LogP contribution is 2.17. The van der Waals surface area contributed by atoms with E-state index < -0.39 is 0 Å². The first-order valence-electron chi connectivity index (χ1n) is 8.10. The molecule has 0 bridgehead atoms. The van der Waals surface area contributed by atoms with Crippen LogP contribution in [0.4, 0.5) is 4.39 Å². The van der Waals surface area contributed by atoms with E-state index in [1.54, 1.807) is 12.1 Å². The Morgan fingerprint density at radius 3 is 2.54 bits per heavy atom. The monoisotopic (exact) mass is 331 g/mol. The Hall–Kier alpha value is -2.50. The van der Waals surface area contributed by atoms with Gasteiger partial charge in [-0.2, -0.15) is 0 Å². The predicted molar refractivity (Wildman–Crippen MR) is 91.2 cm³/mol. The van der Waals surface area contributed by atoms with Crippen molar-refractivity contribution in [2.24, 2.45) is 0 Å². The number of hydrogen-bond acceptors (Lipinski definition) is 3. The van der Waals surface area contributed by atoms with Crippen molar-refractivity contribution < 1.29 is 9.18 Å². The maximum atomic E-state index is 13.2. The van der Waals surface area contributed by atoms with Crippen molar-refractivity contribution in [2.45, 2.75) is 46.2 Å². The summed E-state index contributed by atoms with van der Waals surface area (Å²) in [7, 11) is 0. The molecule has 1 amide bonds. The van der Waals surface area contributed by atoms with E-state index >= 15 is 0 Å². The fourth-order valence-corrected chi connectivity index (χ4v) is 2.27. The van der Waals surface area contributed by atoms with Crippen LogP contribution in [0.2, 0.25) is 0 Å². The van der Waals surface area contributed by atoms with Crippen LogP contribution in [0.25, 0.3) is 11.4 Å². The Kier molecular flexibility index (Phi) is 5.84. The quantitative estimate of drug-likeness (QED) is 0.885. The highest BCUT2D eigenvalue weighted by Gasteiger charge is 2.14. The van der Waals surface area contributed by atoms with E-state index in [1.807, 2.05) is 20.8 Å². The number of benzene rings is 1. The number of aromatic nitrogens is 2. The topological polar surface area (TPSA) is 64.0 Å². The average molecular weight is 331 g/mol. The van der Waals surface area contributed by atoms with Gasteiger partial charge in [0.15, 0.2) is 0 Å². The Balaban J connectivity index is 2.44. The smallest absolute Gasteiger partial charge is 0.254 e. The molecule has 1 N–H and O–H groups in total. The van der Waals surface area contributed by atoms with Crippen LogP contribution >= 0.6 is 0 Å². The fraction of sp³-hybridized carbons (Fsp3) is 0.389. The third kappa shape index (κ3) is 4.28. The summed E-state index contributed by atoms with van der Waals surface area (Å²) in [6.45, 7) is 5.65. The molecule has 0 aliphatic rings. The zero-order valence-corrected chi connectivity index (χ0v) is 14.2. The van der Waals surface area contributed by atoms with Crippen molar-refractivity contribution in [3.8, 4) is 11.4 Å². The maximum Gasteiger partial charge on any atom is 0.254 e. The summed E-state index contributed by atoms with van der Waals surface area (Å²) in [6, 6.07) is 7.20. The molecule has 2 aromatic rings. The van der Waals surface area contributed by atoms with Crippen LogP contribution in [-0.4, -0.2) is 21.5 Å². The van der Waals surface area contributed by atoms with Crippen molar-refractivity contribution >= 4 is 5.91 Å². The number of amides is 1. The van der Waals surface area contributed by atoms with Gasteiger partial charge in [-0.1, -0.05) is 13.8 Å². The van der Waals surface area contributed by atoms with Gasteiger partial charge in [0.05, 0.1) is 0 Å². The molecular weight excluding hydrogens is 309 g/mol. The van der Waals surface area contributed by atoms with Crippen LogP contribution < -0.4 is 10.9 Å². The second kappa shape index (κ2) is 7.86. The molecule has 0 unspecified atom stereocenters. The summed E-state index contributed by atoms with van der Waals surface area (Å²) in [4.78, 5) is 29.1. The molecule has 0 fully saturated rings. The molecule has 0 saturated carbocycles. The first kappa shape index (κ1) is 17.8. The summed E-state index contributed by atoms with van der Waals surface area (Å²) in [5.74, 6) is -0.242. The zero-order valence-electron chi connectivity index (χ0n) is 14.2. The molecule has 24 heavy (non-hydrogen) atoms. The normalized spacial score (nSPS) is 12.0. The van der Waals surface area contributed by atoms with E-state index in [0.29, 0.717) is 23.5 Å². The minimum Gasteiger partial charge on any atom is -0.352 e. The molecule has 1 aromatic carbocycles. The number of aryl methyl sites for hydroxylation is 1. The molecule has 1 atom stereocenters. The molecule has 0 aliphatic carbocycles. The van der Waals surface area contributed by atoms with Crippen LogP contribution in [0, 0.1) is 5.82 Å². The van der Waals surface area contributed by atoms with E-state index in [0.717, 1.165) is 6.42 Å². The lowest BCUT2D eigenvalue weighted by Gasteiger charge is -2.15. The van der Waals surface area contributed by atoms with Crippen LogP contribution in [0.15, 0.2) is 35.1 Å². The lowest BCUT2D eigenvalue weighted by Crippen LogP contribution is -2.37. The van der Waals surface area contributed by atoms with Crippen molar-refractivity contribution in [1.82, 2.24) is 14.9 Å². The van der Waals surface area contributed by atoms with Gasteiger partial charge in [-0.25, -0.2) is 9.37 Å². The number of rotatable bonds is 6.